The van der Waals surface area contributed by atoms with Crippen molar-refractivity contribution >= 4 is 30.9 Å². The lowest BCUT2D eigenvalue weighted by atomic mass is 10.1. The molecule has 0 heterocycles. The molecular weight excluding hydrogens is 363 g/mol. The van der Waals surface area contributed by atoms with Crippen LogP contribution in [0.3, 0.4) is 0 Å². The van der Waals surface area contributed by atoms with Crippen molar-refractivity contribution in [1.82, 2.24) is 0 Å². The first-order chi connectivity index (χ1) is 9.05. The van der Waals surface area contributed by atoms with Gasteiger partial charge in [0.25, 0.3) is 0 Å². The van der Waals surface area contributed by atoms with Crippen molar-refractivity contribution < 1.29 is 4.43 Å². The predicted octanol–water partition coefficient (Wildman–Crippen LogP) is 6.27. The van der Waals surface area contributed by atoms with E-state index in [2.05, 4.69) is 49.2 Å². The second-order valence-electron chi connectivity index (χ2n) is 6.07. The lowest BCUT2D eigenvalue weighted by molar-refractivity contribution is 0.182. The molecule has 0 rings (SSSR count). The molecule has 114 valence electrons. The zero-order chi connectivity index (χ0) is 14.6. The van der Waals surface area contributed by atoms with Crippen LogP contribution in [0.4, 0.5) is 0 Å². The zero-order valence-corrected chi connectivity index (χ0v) is 16.4. The smallest absolute Gasteiger partial charge is 0.196 e. The minimum atomic E-state index is -1.42. The van der Waals surface area contributed by atoms with Crippen molar-refractivity contribution in [3.63, 3.8) is 0 Å². The monoisotopic (exact) mass is 396 g/mol. The van der Waals surface area contributed by atoms with E-state index in [1.165, 1.54) is 55.4 Å². The first kappa shape index (κ1) is 19.6. The highest BCUT2D eigenvalue weighted by atomic mass is 127. The topological polar surface area (TPSA) is 9.23 Å². The Labute approximate surface area is 135 Å². The van der Waals surface area contributed by atoms with E-state index in [-0.39, 0.29) is 0 Å². The summed E-state index contributed by atoms with van der Waals surface area (Å²) in [4.78, 5) is 0. The molecule has 0 aliphatic carbocycles. The summed E-state index contributed by atoms with van der Waals surface area (Å²) in [6.07, 6.45) is 14.3. The third kappa shape index (κ3) is 12.1. The van der Waals surface area contributed by atoms with Gasteiger partial charge in [0.2, 0.25) is 0 Å². The number of alkyl halides is 1. The lowest BCUT2D eigenvalue weighted by Gasteiger charge is -2.27. The van der Waals surface area contributed by atoms with Gasteiger partial charge in [0.05, 0.1) is 0 Å². The van der Waals surface area contributed by atoms with E-state index in [9.17, 15) is 0 Å². The van der Waals surface area contributed by atoms with Crippen LogP contribution in [0.2, 0.25) is 13.1 Å². The van der Waals surface area contributed by atoms with Crippen molar-refractivity contribution in [1.29, 1.82) is 0 Å². The van der Waals surface area contributed by atoms with Crippen LogP contribution < -0.4 is 0 Å². The highest BCUT2D eigenvalue weighted by Gasteiger charge is 2.24. The fraction of sp³-hybridized carbons (Fsp3) is 0.875. The summed E-state index contributed by atoms with van der Waals surface area (Å²) in [5.41, 5.74) is 0. The van der Waals surface area contributed by atoms with Gasteiger partial charge in [-0.2, -0.15) is 0 Å². The molecule has 0 amide bonds. The molecule has 3 heteroatoms. The van der Waals surface area contributed by atoms with E-state index >= 15 is 0 Å². The molecule has 0 aliphatic heterocycles. The molecule has 0 fully saturated rings. The molecule has 0 aromatic heterocycles. The van der Waals surface area contributed by atoms with Crippen LogP contribution in [0, 0.1) is 0 Å². The normalized spacial score (nSPS) is 13.5. The predicted molar refractivity (Wildman–Crippen MR) is 98.7 cm³/mol. The van der Waals surface area contributed by atoms with Gasteiger partial charge in [0, 0.05) is 10.2 Å². The number of unbranched alkanes of at least 4 members (excludes halogenated alkanes) is 6. The van der Waals surface area contributed by atoms with Crippen LogP contribution in [-0.2, 0) is 4.43 Å². The number of hydrogen-bond acceptors (Lipinski definition) is 1. The minimum Gasteiger partial charge on any atom is -0.413 e. The fourth-order valence-corrected chi connectivity index (χ4v) is 3.94. The van der Waals surface area contributed by atoms with Crippen LogP contribution in [0.25, 0.3) is 0 Å². The van der Waals surface area contributed by atoms with Gasteiger partial charge < -0.3 is 4.43 Å². The van der Waals surface area contributed by atoms with Crippen molar-refractivity contribution in [2.75, 3.05) is 4.05 Å². The van der Waals surface area contributed by atoms with Gasteiger partial charge >= 0.3 is 0 Å². The summed E-state index contributed by atoms with van der Waals surface area (Å²) < 4.78 is 7.51. The molecule has 0 saturated carbocycles. The molecule has 1 nitrogen and oxygen atoms in total. The maximum absolute atomic E-state index is 6.33. The maximum atomic E-state index is 6.33. The molecule has 0 aromatic rings. The molecule has 0 N–H and O–H groups in total. The van der Waals surface area contributed by atoms with Crippen LogP contribution in [0.1, 0.15) is 64.7 Å². The third-order valence-corrected chi connectivity index (χ3v) is 10.5. The van der Waals surface area contributed by atoms with Gasteiger partial charge in [-0.1, -0.05) is 80.5 Å². The lowest BCUT2D eigenvalue weighted by Crippen LogP contribution is -2.37. The number of hydrogen-bond donors (Lipinski definition) is 0. The van der Waals surface area contributed by atoms with E-state index in [1.807, 2.05) is 6.08 Å². The largest absolute Gasteiger partial charge is 0.413 e. The second-order valence-corrected chi connectivity index (χ2v) is 12.4. The van der Waals surface area contributed by atoms with E-state index < -0.39 is 8.32 Å². The van der Waals surface area contributed by atoms with Crippen LogP contribution in [0.15, 0.2) is 12.7 Å². The van der Waals surface area contributed by atoms with Crippen molar-refractivity contribution in [3.05, 3.63) is 12.7 Å². The average molecular weight is 396 g/mol. The van der Waals surface area contributed by atoms with Gasteiger partial charge in [0.15, 0.2) is 8.32 Å². The third-order valence-electron chi connectivity index (χ3n) is 3.37. The minimum absolute atomic E-state index is 0.421. The Morgan fingerprint density at radius 3 is 2.21 bits per heavy atom. The standard InChI is InChI=1S/C16H33IOSi/c1-5-7-8-9-10-11-12-14-16(13-6-2)18-19(3,4)15-17/h6,16H,2,5,7-15H2,1,3-4H3. The van der Waals surface area contributed by atoms with Gasteiger partial charge in [-0.05, 0) is 25.9 Å². The van der Waals surface area contributed by atoms with Gasteiger partial charge in [-0.25, -0.2) is 0 Å². The molecule has 0 saturated heterocycles. The molecule has 0 spiro atoms. The van der Waals surface area contributed by atoms with Crippen LogP contribution in [0.5, 0.6) is 0 Å². The SMILES string of the molecule is C=CCC(CCCCCCCCC)O[Si](C)(C)CI. The Hall–Kier alpha value is 0.647. The highest BCUT2D eigenvalue weighted by Crippen LogP contribution is 2.19. The summed E-state index contributed by atoms with van der Waals surface area (Å²) in [6, 6.07) is 0. The van der Waals surface area contributed by atoms with Crippen molar-refractivity contribution in [3.8, 4) is 0 Å². The first-order valence-electron chi connectivity index (χ1n) is 7.90. The molecule has 1 unspecified atom stereocenters. The Bertz CT molecular complexity index is 219. The highest BCUT2D eigenvalue weighted by molar-refractivity contribution is 14.1. The number of halogens is 1. The Morgan fingerprint density at radius 1 is 1.11 bits per heavy atom. The van der Waals surface area contributed by atoms with E-state index in [1.54, 1.807) is 0 Å². The Kier molecular flexibility index (Phi) is 12.8. The summed E-state index contributed by atoms with van der Waals surface area (Å²) >= 11 is 2.47. The summed E-state index contributed by atoms with van der Waals surface area (Å²) in [5.74, 6) is 0. The van der Waals surface area contributed by atoms with Crippen LogP contribution in [-0.4, -0.2) is 18.5 Å². The Balaban J connectivity index is 3.73. The maximum Gasteiger partial charge on any atom is 0.196 e. The van der Waals surface area contributed by atoms with Crippen molar-refractivity contribution in [2.24, 2.45) is 0 Å². The Morgan fingerprint density at radius 2 is 1.68 bits per heavy atom. The molecule has 0 aromatic carbocycles. The molecule has 0 aliphatic rings. The molecule has 19 heavy (non-hydrogen) atoms. The summed E-state index contributed by atoms with van der Waals surface area (Å²) in [7, 11) is -1.42. The first-order valence-corrected chi connectivity index (χ1v) is 12.5. The fourth-order valence-electron chi connectivity index (χ4n) is 2.22. The van der Waals surface area contributed by atoms with E-state index in [0.29, 0.717) is 6.10 Å². The van der Waals surface area contributed by atoms with E-state index in [4.69, 9.17) is 4.43 Å². The summed E-state index contributed by atoms with van der Waals surface area (Å²) in [6.45, 7) is 10.8. The van der Waals surface area contributed by atoms with Gasteiger partial charge in [-0.3, -0.25) is 0 Å². The second kappa shape index (κ2) is 12.4. The molecule has 0 bridgehead atoms. The van der Waals surface area contributed by atoms with E-state index in [0.717, 1.165) is 6.42 Å². The molecular formula is C16H33IOSi. The van der Waals surface area contributed by atoms with Gasteiger partial charge in [-0.15, -0.1) is 6.58 Å². The number of rotatable bonds is 13. The zero-order valence-electron chi connectivity index (χ0n) is 13.2. The van der Waals surface area contributed by atoms with Crippen LogP contribution >= 0.6 is 22.6 Å². The molecule has 1 atom stereocenters. The molecule has 0 radical (unpaired) electrons. The van der Waals surface area contributed by atoms with Gasteiger partial charge in [0.1, 0.15) is 0 Å². The summed E-state index contributed by atoms with van der Waals surface area (Å²) in [5, 5.41) is 0. The van der Waals surface area contributed by atoms with Crippen molar-refractivity contribution in [2.45, 2.75) is 83.9 Å². The average Bonchev–Trinajstić information content (AvgIpc) is 2.37. The quantitative estimate of drug-likeness (QED) is 0.117.